The third-order valence-electron chi connectivity index (χ3n) is 12.6. The number of sulfonamides is 2. The Kier molecular flexibility index (Phi) is 20.0. The first-order valence-electron chi connectivity index (χ1n) is 25.6. The Morgan fingerprint density at radius 2 is 0.878 bits per heavy atom. The molecule has 8 aromatic rings. The predicted molar refractivity (Wildman–Crippen MR) is 320 cm³/mol. The molecule has 0 saturated heterocycles. The number of ether oxygens (including phenoxy) is 4. The molecule has 0 aliphatic heterocycles. The van der Waals surface area contributed by atoms with Crippen molar-refractivity contribution in [1.29, 1.82) is 0 Å². The van der Waals surface area contributed by atoms with E-state index >= 15 is 0 Å². The highest BCUT2D eigenvalue weighted by atomic mass is 35.5. The molecule has 8 rings (SSSR count). The minimum absolute atomic E-state index is 0.0166. The van der Waals surface area contributed by atoms with Gasteiger partial charge in [-0.3, -0.25) is 28.5 Å². The van der Waals surface area contributed by atoms with Gasteiger partial charge in [-0.25, -0.2) is 25.4 Å². The molecule has 82 heavy (non-hydrogen) atoms. The number of methoxy groups -OCH3 is 4. The molecule has 0 aliphatic rings. The van der Waals surface area contributed by atoms with Gasteiger partial charge in [-0.1, -0.05) is 74.6 Å². The molecule has 0 amide bonds. The van der Waals surface area contributed by atoms with Crippen molar-refractivity contribution in [3.8, 4) is 57.4 Å². The van der Waals surface area contributed by atoms with Gasteiger partial charge in [0.2, 0.25) is 31.9 Å². The third-order valence-corrected chi connectivity index (χ3v) is 20.0. The second-order valence-corrected chi connectivity index (χ2v) is 37.2. The molecule has 0 spiro atoms. The number of halogens is 2. The lowest BCUT2D eigenvalue weighted by molar-refractivity contribution is 0.196. The number of aromatic nitrogens is 12. The van der Waals surface area contributed by atoms with E-state index in [1.807, 2.05) is 0 Å². The summed E-state index contributed by atoms with van der Waals surface area (Å²) in [6.07, 6.45) is 3.42. The minimum Gasteiger partial charge on any atom is -0.494 e. The smallest absolute Gasteiger partial charge is 0.246 e. The van der Waals surface area contributed by atoms with Gasteiger partial charge in [-0.2, -0.15) is 10.2 Å². The fraction of sp³-hybridized carbons (Fsp3) is 0.385. The standard InChI is InChI=1S/2C26H34ClN7O5SSi/c2*1-32-13-12-20(31-32)25-29-30-26(34(25)24-22(38-2)8-7-9-23(24)39-3)33(14-15-41(4,5)6)40(36,37)17-21(35)19-11-10-18(27)16-28-19/h2*7-13,16,21,35H,14-15,17H2,1-6H3/t2*21-/m10/s1. The zero-order valence-corrected chi connectivity index (χ0v) is 52.8. The Balaban J connectivity index is 0.000000236. The van der Waals surface area contributed by atoms with Crippen LogP contribution >= 0.6 is 23.2 Å². The zero-order valence-electron chi connectivity index (χ0n) is 47.6. The summed E-state index contributed by atoms with van der Waals surface area (Å²) in [6, 6.07) is 21.3. The van der Waals surface area contributed by atoms with Crippen LogP contribution in [0.3, 0.4) is 0 Å². The second kappa shape index (κ2) is 26.1. The average Bonchev–Trinajstić information content (AvgIpc) is 4.37. The van der Waals surface area contributed by atoms with Gasteiger partial charge in [0, 0.05) is 68.1 Å². The molecule has 2 atom stereocenters. The molecule has 6 heterocycles. The van der Waals surface area contributed by atoms with E-state index in [4.69, 9.17) is 42.1 Å². The fourth-order valence-corrected chi connectivity index (χ4v) is 13.6. The molecule has 0 saturated carbocycles. The average molecular weight is 1240 g/mol. The SMILES string of the molecule is COc1cccc(OC)c1-n1c(-c2ccn(C)n2)nnc1N(CC[Si](C)(C)C)S(=O)(=O)C[C@@H](O)c1ccc(Cl)cn1.COc1cccc(OC)c1-n1c(-c2ccn(C)n2)nnc1N(CC[Si](C)(C)C)S(=O)(=O)C[C@H](O)c1ccc(Cl)cn1. The van der Waals surface area contributed by atoms with Crippen LogP contribution in [0.4, 0.5) is 11.9 Å². The molecular weight excluding hydrogens is 1170 g/mol. The normalized spacial score (nSPS) is 12.8. The molecule has 0 bridgehead atoms. The van der Waals surface area contributed by atoms with E-state index in [0.717, 1.165) is 0 Å². The number of pyridine rings is 2. The molecule has 440 valence electrons. The summed E-state index contributed by atoms with van der Waals surface area (Å²) in [5, 5.41) is 49.1. The lowest BCUT2D eigenvalue weighted by Crippen LogP contribution is -2.40. The number of benzene rings is 2. The zero-order chi connectivity index (χ0) is 59.9. The van der Waals surface area contributed by atoms with E-state index in [2.05, 4.69) is 79.8 Å². The van der Waals surface area contributed by atoms with Gasteiger partial charge in [0.25, 0.3) is 0 Å². The summed E-state index contributed by atoms with van der Waals surface area (Å²) in [4.78, 5) is 8.20. The Morgan fingerprint density at radius 3 is 1.15 bits per heavy atom. The lowest BCUT2D eigenvalue weighted by atomic mass is 10.2. The van der Waals surface area contributed by atoms with Crippen molar-refractivity contribution in [3.63, 3.8) is 0 Å². The summed E-state index contributed by atoms with van der Waals surface area (Å²) >= 11 is 11.9. The first-order valence-corrected chi connectivity index (χ1v) is 37.0. The van der Waals surface area contributed by atoms with Crippen LogP contribution in [-0.4, -0.2) is 155 Å². The number of anilines is 2. The number of hydrogen-bond acceptors (Lipinski definition) is 18. The number of aliphatic hydroxyl groups is 2. The number of rotatable bonds is 24. The predicted octanol–water partition coefficient (Wildman–Crippen LogP) is 7.88. The first-order chi connectivity index (χ1) is 38.7. The summed E-state index contributed by atoms with van der Waals surface area (Å²) in [5.74, 6) is 0.987. The molecule has 0 radical (unpaired) electrons. The first kappa shape index (κ1) is 62.7. The van der Waals surface area contributed by atoms with Crippen LogP contribution in [0, 0.1) is 0 Å². The maximum absolute atomic E-state index is 14.1. The molecule has 30 heteroatoms. The molecule has 2 aromatic carbocycles. The Labute approximate surface area is 489 Å². The maximum Gasteiger partial charge on any atom is 0.246 e. The van der Waals surface area contributed by atoms with Gasteiger partial charge in [0.15, 0.2) is 11.6 Å². The van der Waals surface area contributed by atoms with Crippen LogP contribution in [0.1, 0.15) is 23.6 Å². The second-order valence-electron chi connectivity index (χ2n) is 21.2. The van der Waals surface area contributed by atoms with Crippen LogP contribution in [0.25, 0.3) is 34.4 Å². The monoisotopic (exact) mass is 1240 g/mol. The van der Waals surface area contributed by atoms with Crippen LogP contribution < -0.4 is 27.6 Å². The Morgan fingerprint density at radius 1 is 0.537 bits per heavy atom. The molecule has 2 N–H and O–H groups in total. The Hall–Kier alpha value is -6.93. The number of hydrogen-bond donors (Lipinski definition) is 2. The highest BCUT2D eigenvalue weighted by Crippen LogP contribution is 2.41. The third kappa shape index (κ3) is 15.0. The van der Waals surface area contributed by atoms with Crippen molar-refractivity contribution < 1.29 is 46.0 Å². The highest BCUT2D eigenvalue weighted by molar-refractivity contribution is 7.93. The van der Waals surface area contributed by atoms with E-state index in [1.165, 1.54) is 61.6 Å². The van der Waals surface area contributed by atoms with Gasteiger partial charge >= 0.3 is 0 Å². The molecule has 0 unspecified atom stereocenters. The van der Waals surface area contributed by atoms with Crippen molar-refractivity contribution in [1.82, 2.24) is 59.1 Å². The van der Waals surface area contributed by atoms with Crippen molar-refractivity contribution in [2.24, 2.45) is 14.1 Å². The van der Waals surface area contributed by atoms with Crippen LogP contribution in [0.2, 0.25) is 61.4 Å². The number of nitrogens with zero attached hydrogens (tertiary/aromatic N) is 14. The van der Waals surface area contributed by atoms with Crippen molar-refractivity contribution in [3.05, 3.63) is 119 Å². The molecule has 0 fully saturated rings. The van der Waals surface area contributed by atoms with Crippen molar-refractivity contribution >= 4 is 71.3 Å². The van der Waals surface area contributed by atoms with E-state index in [-0.39, 0.29) is 48.0 Å². The van der Waals surface area contributed by atoms with E-state index in [0.29, 0.717) is 67.9 Å². The summed E-state index contributed by atoms with van der Waals surface area (Å²) in [5.41, 5.74) is 2.12. The van der Waals surface area contributed by atoms with E-state index < -0.39 is 59.9 Å². The summed E-state index contributed by atoms with van der Waals surface area (Å²) in [7, 11) is -2.28. The van der Waals surface area contributed by atoms with Crippen LogP contribution in [-0.2, 0) is 34.1 Å². The molecule has 24 nitrogen and oxygen atoms in total. The van der Waals surface area contributed by atoms with Gasteiger partial charge < -0.3 is 29.2 Å². The van der Waals surface area contributed by atoms with Crippen LogP contribution in [0.5, 0.6) is 23.0 Å². The highest BCUT2D eigenvalue weighted by Gasteiger charge is 2.37. The van der Waals surface area contributed by atoms with E-state index in [1.54, 1.807) is 106 Å². The topological polar surface area (TPSA) is 275 Å². The largest absolute Gasteiger partial charge is 0.494 e. The van der Waals surface area contributed by atoms with Gasteiger partial charge in [-0.05, 0) is 72.8 Å². The molecular formula is C52H68Cl2N14O10S2Si2. The van der Waals surface area contributed by atoms with Crippen LogP contribution in [0.15, 0.2) is 97.6 Å². The maximum atomic E-state index is 14.1. The molecule has 0 aliphatic carbocycles. The number of para-hydroxylation sites is 2. The van der Waals surface area contributed by atoms with E-state index in [9.17, 15) is 27.0 Å². The van der Waals surface area contributed by atoms with Gasteiger partial charge in [0.05, 0.1) is 49.9 Å². The fourth-order valence-electron chi connectivity index (χ4n) is 8.31. The van der Waals surface area contributed by atoms with Crippen molar-refractivity contribution in [2.45, 2.75) is 63.6 Å². The summed E-state index contributed by atoms with van der Waals surface area (Å²) < 4.78 is 87.9. The molecule has 6 aromatic heterocycles. The number of aryl methyl sites for hydroxylation is 2. The minimum atomic E-state index is -4.19. The number of aliphatic hydroxyl groups excluding tert-OH is 2. The van der Waals surface area contributed by atoms with Gasteiger partial charge in [0.1, 0.15) is 69.5 Å². The quantitative estimate of drug-likeness (QED) is 0.0544. The van der Waals surface area contributed by atoms with Crippen molar-refractivity contribution in [2.75, 3.05) is 61.6 Å². The Bertz CT molecular complexity index is 3400. The lowest BCUT2D eigenvalue weighted by Gasteiger charge is -2.28. The van der Waals surface area contributed by atoms with Gasteiger partial charge in [-0.15, -0.1) is 20.4 Å². The summed E-state index contributed by atoms with van der Waals surface area (Å²) in [6.45, 7) is 13.1.